The number of para-hydroxylation sites is 1. The van der Waals surface area contributed by atoms with E-state index >= 15 is 0 Å². The molecule has 4 aliphatic rings. The monoisotopic (exact) mass is 513 g/mol. The lowest BCUT2D eigenvalue weighted by atomic mass is 9.78. The number of amides is 1. The van der Waals surface area contributed by atoms with E-state index in [1.54, 1.807) is 0 Å². The molecular weight excluding hydrogens is 479 g/mol. The summed E-state index contributed by atoms with van der Waals surface area (Å²) in [5, 5.41) is 0. The number of nitrogens with zero attached hydrogens (tertiary/aromatic N) is 3. The first-order valence-electron chi connectivity index (χ1n) is 13.6. The molecule has 1 aromatic heterocycles. The molecule has 0 unspecified atom stereocenters. The van der Waals surface area contributed by atoms with Crippen LogP contribution in [0.3, 0.4) is 0 Å². The fraction of sp³-hybridized carbons (Fsp3) is 0.586. The van der Waals surface area contributed by atoms with Gasteiger partial charge in [-0.15, -0.1) is 0 Å². The van der Waals surface area contributed by atoms with Gasteiger partial charge in [0.05, 0.1) is 11.0 Å². The predicted molar refractivity (Wildman–Crippen MR) is 133 cm³/mol. The molecule has 6 rings (SSSR count). The lowest BCUT2D eigenvalue weighted by molar-refractivity contribution is -0.144. The van der Waals surface area contributed by atoms with Gasteiger partial charge < -0.3 is 14.5 Å². The zero-order chi connectivity index (χ0) is 25.6. The van der Waals surface area contributed by atoms with E-state index in [0.29, 0.717) is 36.2 Å². The number of hydrogen-bond donors (Lipinski definition) is 0. The first-order chi connectivity index (χ1) is 17.8. The largest absolute Gasteiger partial charge is 0.490 e. The van der Waals surface area contributed by atoms with E-state index in [0.717, 1.165) is 70.0 Å². The Morgan fingerprint density at radius 2 is 1.86 bits per heavy atom. The smallest absolute Gasteiger partial charge is 0.417 e. The summed E-state index contributed by atoms with van der Waals surface area (Å²) in [6, 6.07) is 11.5. The Labute approximate surface area is 216 Å². The van der Waals surface area contributed by atoms with Gasteiger partial charge in [-0.1, -0.05) is 24.6 Å². The molecule has 8 heteroatoms. The number of carbonyl (C=O) groups excluding carboxylic acids is 1. The van der Waals surface area contributed by atoms with Gasteiger partial charge in [0.15, 0.2) is 0 Å². The van der Waals surface area contributed by atoms with Crippen LogP contribution in [-0.4, -0.2) is 52.5 Å². The predicted octanol–water partition coefficient (Wildman–Crippen LogP) is 5.48. The number of ether oxygens (including phenoxy) is 1. The van der Waals surface area contributed by atoms with Crippen molar-refractivity contribution in [3.05, 3.63) is 59.4 Å². The number of hydrogen-bond acceptors (Lipinski definition) is 4. The molecule has 0 spiro atoms. The van der Waals surface area contributed by atoms with E-state index in [-0.39, 0.29) is 24.0 Å². The summed E-state index contributed by atoms with van der Waals surface area (Å²) in [6.07, 6.45) is 4.11. The molecule has 1 aromatic carbocycles. The van der Waals surface area contributed by atoms with Crippen LogP contribution in [0, 0.1) is 11.3 Å². The molecule has 2 aromatic rings. The van der Waals surface area contributed by atoms with E-state index in [2.05, 4.69) is 9.88 Å². The maximum atomic E-state index is 14.0. The first kappa shape index (κ1) is 24.7. The maximum Gasteiger partial charge on any atom is 0.417 e. The topological polar surface area (TPSA) is 45.7 Å². The van der Waals surface area contributed by atoms with E-state index < -0.39 is 11.7 Å². The lowest BCUT2D eigenvalue weighted by Gasteiger charge is -2.39. The van der Waals surface area contributed by atoms with E-state index in [1.807, 2.05) is 35.2 Å². The molecule has 2 aliphatic heterocycles. The third-order valence-corrected chi connectivity index (χ3v) is 9.23. The molecule has 198 valence electrons. The Hall–Kier alpha value is -2.61. The number of likely N-dealkylation sites (tertiary alicyclic amines) is 1. The summed E-state index contributed by atoms with van der Waals surface area (Å²) >= 11 is 0. The maximum absolute atomic E-state index is 14.0. The summed E-state index contributed by atoms with van der Waals surface area (Å²) in [5.41, 5.74) is 0.116. The molecule has 2 aliphatic carbocycles. The number of piperidine rings is 1. The van der Waals surface area contributed by atoms with Gasteiger partial charge in [0, 0.05) is 50.5 Å². The third kappa shape index (κ3) is 4.73. The molecule has 5 nitrogen and oxygen atoms in total. The number of alkyl halides is 3. The molecular formula is C29H34F3N3O2. The van der Waals surface area contributed by atoms with Crippen molar-refractivity contribution in [2.24, 2.45) is 11.3 Å². The van der Waals surface area contributed by atoms with Gasteiger partial charge in [-0.3, -0.25) is 9.78 Å². The molecule has 0 bridgehead atoms. The van der Waals surface area contributed by atoms with Gasteiger partial charge in [-0.25, -0.2) is 0 Å². The van der Waals surface area contributed by atoms with Crippen molar-refractivity contribution in [1.29, 1.82) is 0 Å². The SMILES string of the molecule is O=C(N1CCc2ncc(C(F)(F)F)cc2C1)[C@@]12CCC[C@@H]1C[C@H](N1CCC(Oc3ccccc3)CC1)C2. The standard InChI is InChI=1S/C29H34F3N3O2/c30-29(31,32)22-15-20-19-35(14-10-26(20)33-18-22)27(36)28-11-4-5-21(28)16-23(17-28)34-12-8-25(9-13-34)37-24-6-2-1-3-7-24/h1-3,6-7,15,18,21,23,25H,4-5,8-14,16-17,19H2/t21-,23+,28-/m1/s1. The summed E-state index contributed by atoms with van der Waals surface area (Å²) in [4.78, 5) is 22.5. The molecule has 3 fully saturated rings. The Morgan fingerprint density at radius 1 is 1.08 bits per heavy atom. The lowest BCUT2D eigenvalue weighted by Crippen LogP contribution is -2.47. The molecule has 3 atom stereocenters. The molecule has 1 amide bonds. The van der Waals surface area contributed by atoms with Crippen LogP contribution in [0.15, 0.2) is 42.6 Å². The van der Waals surface area contributed by atoms with Crippen molar-refractivity contribution in [3.8, 4) is 5.75 Å². The summed E-state index contributed by atoms with van der Waals surface area (Å²) in [6.45, 7) is 2.71. The Morgan fingerprint density at radius 3 is 2.62 bits per heavy atom. The van der Waals surface area contributed by atoms with Gasteiger partial charge >= 0.3 is 6.18 Å². The minimum atomic E-state index is -4.43. The minimum absolute atomic E-state index is 0.155. The van der Waals surface area contributed by atoms with Crippen molar-refractivity contribution < 1.29 is 22.7 Å². The van der Waals surface area contributed by atoms with Gasteiger partial charge in [-0.2, -0.15) is 13.2 Å². The minimum Gasteiger partial charge on any atom is -0.490 e. The molecule has 3 heterocycles. The fourth-order valence-corrected chi connectivity index (χ4v) is 7.36. The number of benzene rings is 1. The van der Waals surface area contributed by atoms with E-state index in [9.17, 15) is 18.0 Å². The molecule has 2 saturated carbocycles. The fourth-order valence-electron chi connectivity index (χ4n) is 7.36. The van der Waals surface area contributed by atoms with Crippen molar-refractivity contribution in [1.82, 2.24) is 14.8 Å². The van der Waals surface area contributed by atoms with Crippen molar-refractivity contribution in [2.75, 3.05) is 19.6 Å². The van der Waals surface area contributed by atoms with E-state index in [4.69, 9.17) is 4.74 Å². The number of halogens is 3. The number of rotatable bonds is 4. The molecule has 0 radical (unpaired) electrons. The molecule has 37 heavy (non-hydrogen) atoms. The summed E-state index contributed by atoms with van der Waals surface area (Å²) in [5.74, 6) is 1.44. The second kappa shape index (κ2) is 9.61. The van der Waals surface area contributed by atoms with Crippen LogP contribution >= 0.6 is 0 Å². The average molecular weight is 514 g/mol. The van der Waals surface area contributed by atoms with Crippen LogP contribution in [0.1, 0.15) is 61.8 Å². The van der Waals surface area contributed by atoms with Crippen molar-refractivity contribution in [2.45, 2.75) is 76.2 Å². The van der Waals surface area contributed by atoms with Gasteiger partial charge in [0.2, 0.25) is 5.91 Å². The molecule has 1 saturated heterocycles. The number of pyridine rings is 1. The van der Waals surface area contributed by atoms with Crippen LogP contribution in [-0.2, 0) is 23.9 Å². The number of fused-ring (bicyclic) bond motifs is 2. The second-order valence-electron chi connectivity index (χ2n) is 11.3. The van der Waals surface area contributed by atoms with Gasteiger partial charge in [-0.05, 0) is 68.2 Å². The van der Waals surface area contributed by atoms with Gasteiger partial charge in [0.25, 0.3) is 0 Å². The van der Waals surface area contributed by atoms with Gasteiger partial charge in [0.1, 0.15) is 11.9 Å². The van der Waals surface area contributed by atoms with Crippen LogP contribution in [0.4, 0.5) is 13.2 Å². The summed E-state index contributed by atoms with van der Waals surface area (Å²) in [7, 11) is 0. The quantitative estimate of drug-likeness (QED) is 0.544. The third-order valence-electron chi connectivity index (χ3n) is 9.23. The van der Waals surface area contributed by atoms with Crippen LogP contribution in [0.5, 0.6) is 5.75 Å². The van der Waals surface area contributed by atoms with Crippen molar-refractivity contribution in [3.63, 3.8) is 0 Å². The Kier molecular flexibility index (Phi) is 6.42. The number of aromatic nitrogens is 1. The number of carbonyl (C=O) groups is 1. The summed E-state index contributed by atoms with van der Waals surface area (Å²) < 4.78 is 45.9. The first-order valence-corrected chi connectivity index (χ1v) is 13.6. The van der Waals surface area contributed by atoms with Crippen molar-refractivity contribution >= 4 is 5.91 Å². The Bertz CT molecular complexity index is 1130. The van der Waals surface area contributed by atoms with E-state index in [1.165, 1.54) is 6.07 Å². The zero-order valence-corrected chi connectivity index (χ0v) is 21.1. The highest BCUT2D eigenvalue weighted by Crippen LogP contribution is 2.56. The highest BCUT2D eigenvalue weighted by atomic mass is 19.4. The zero-order valence-electron chi connectivity index (χ0n) is 21.1. The van der Waals surface area contributed by atoms with Crippen LogP contribution < -0.4 is 4.74 Å². The van der Waals surface area contributed by atoms with Crippen LogP contribution in [0.2, 0.25) is 0 Å². The normalized spacial score (nSPS) is 28.7. The second-order valence-corrected chi connectivity index (χ2v) is 11.3. The average Bonchev–Trinajstić information content (AvgIpc) is 3.47. The Balaban J connectivity index is 1.11. The highest BCUT2D eigenvalue weighted by Gasteiger charge is 2.57. The highest BCUT2D eigenvalue weighted by molar-refractivity contribution is 5.84. The van der Waals surface area contributed by atoms with Crippen LogP contribution in [0.25, 0.3) is 0 Å². The molecule has 0 N–H and O–H groups in total.